The van der Waals surface area contributed by atoms with Crippen molar-refractivity contribution >= 4 is 63.7 Å². The third kappa shape index (κ3) is 16.0. The second-order valence-electron chi connectivity index (χ2n) is 20.6. The molecule has 0 spiro atoms. The number of anilines is 2. The minimum atomic E-state index is -1.19. The van der Waals surface area contributed by atoms with Gasteiger partial charge in [0.2, 0.25) is 29.5 Å². The minimum Gasteiger partial charge on any atom is -0.480 e. The molecule has 8 N–H and O–H groups in total. The molecule has 0 bridgehead atoms. The Hall–Kier alpha value is -8.25. The van der Waals surface area contributed by atoms with Crippen molar-refractivity contribution in [1.82, 2.24) is 35.3 Å². The molecular formula is C59H73N11O12. The molecule has 436 valence electrons. The van der Waals surface area contributed by atoms with Crippen molar-refractivity contribution in [1.29, 1.82) is 0 Å². The summed E-state index contributed by atoms with van der Waals surface area (Å²) in [6.07, 6.45) is 7.38. The Morgan fingerprint density at radius 3 is 2.15 bits per heavy atom. The summed E-state index contributed by atoms with van der Waals surface area (Å²) in [5, 5.41) is 20.2. The van der Waals surface area contributed by atoms with E-state index < -0.39 is 83.9 Å². The second kappa shape index (κ2) is 29.5. The highest BCUT2D eigenvalue weighted by Crippen LogP contribution is 2.32. The molecule has 82 heavy (non-hydrogen) atoms. The summed E-state index contributed by atoms with van der Waals surface area (Å²) in [4.78, 5) is 117. The van der Waals surface area contributed by atoms with E-state index >= 15 is 0 Å². The number of nitrogens with one attached hydrogen (secondary N) is 3. The molecule has 8 rings (SSSR count). The Bertz CT molecular complexity index is 3010. The fraction of sp³-hybridized carbons (Fsp3) is 0.441. The summed E-state index contributed by atoms with van der Waals surface area (Å²) in [5.74, 6) is -3.95. The molecule has 3 aliphatic heterocycles. The monoisotopic (exact) mass is 1130 g/mol. The number of ether oxygens (including phenoxy) is 3. The third-order valence-electron chi connectivity index (χ3n) is 15.0. The number of rotatable bonds is 26. The number of aliphatic carboxylic acids is 1. The van der Waals surface area contributed by atoms with E-state index in [0.29, 0.717) is 37.9 Å². The Kier molecular flexibility index (Phi) is 21.5. The Labute approximate surface area is 475 Å². The van der Waals surface area contributed by atoms with Gasteiger partial charge in [0.1, 0.15) is 24.7 Å². The van der Waals surface area contributed by atoms with Gasteiger partial charge >= 0.3 is 12.0 Å². The fourth-order valence-corrected chi connectivity index (χ4v) is 10.9. The zero-order valence-electron chi connectivity index (χ0n) is 45.9. The van der Waals surface area contributed by atoms with Gasteiger partial charge in [0.25, 0.3) is 5.56 Å². The number of hydrogen-bond donors (Lipinski definition) is 6. The Morgan fingerprint density at radius 2 is 1.44 bits per heavy atom. The predicted octanol–water partition coefficient (Wildman–Crippen LogP) is 2.54. The number of carboxylic acid groups (broad SMARTS) is 1. The molecule has 0 aliphatic carbocycles. The maximum absolute atomic E-state index is 14.4. The summed E-state index contributed by atoms with van der Waals surface area (Å²) in [6.45, 7) is 2.34. The molecule has 3 aliphatic rings. The highest BCUT2D eigenvalue weighted by Gasteiger charge is 2.45. The quantitative estimate of drug-likeness (QED) is 0.0434. The van der Waals surface area contributed by atoms with Gasteiger partial charge in [0.15, 0.2) is 0 Å². The second-order valence-corrected chi connectivity index (χ2v) is 20.6. The normalized spacial score (nSPS) is 18.5. The predicted molar refractivity (Wildman–Crippen MR) is 304 cm³/mol. The molecule has 3 saturated heterocycles. The zero-order valence-corrected chi connectivity index (χ0v) is 45.9. The van der Waals surface area contributed by atoms with E-state index in [1.807, 2.05) is 97.3 Å². The topological polar surface area (TPSA) is 303 Å². The van der Waals surface area contributed by atoms with Gasteiger partial charge in [-0.15, -0.1) is 0 Å². The smallest absolute Gasteiger partial charge is 0.323 e. The third-order valence-corrected chi connectivity index (χ3v) is 15.0. The van der Waals surface area contributed by atoms with E-state index in [9.17, 15) is 43.5 Å². The maximum atomic E-state index is 14.4. The maximum Gasteiger partial charge on any atom is 0.323 e. The van der Waals surface area contributed by atoms with E-state index in [2.05, 4.69) is 25.8 Å². The molecule has 0 saturated carbocycles. The van der Waals surface area contributed by atoms with Crippen LogP contribution in [0, 0.1) is 5.92 Å². The molecule has 5 heterocycles. The molecule has 5 aromatic rings. The van der Waals surface area contributed by atoms with Gasteiger partial charge in [0.05, 0.1) is 69.2 Å². The number of amides is 7. The van der Waals surface area contributed by atoms with Crippen LogP contribution in [0.4, 0.5) is 16.2 Å². The largest absolute Gasteiger partial charge is 0.480 e. The van der Waals surface area contributed by atoms with Gasteiger partial charge in [0, 0.05) is 81.0 Å². The summed E-state index contributed by atoms with van der Waals surface area (Å²) in [6, 6.07) is 24.9. The van der Waals surface area contributed by atoms with Crippen molar-refractivity contribution in [3.05, 3.63) is 137 Å². The zero-order chi connectivity index (χ0) is 58.0. The number of pyridine rings is 2. The molecule has 3 fully saturated rings. The standard InChI is InChI=1S/C59H73N11O12/c60-47-38-67(26-23-44-17-20-49(70(44)58(47)78)56(76)64-48(19-21-51(61)71)55(75)65-54(40-10-3-1-4-11-40)41-12-5-2-6-13-41)59(79)63-24-28-80-30-32-82-33-31-81-29-27-69(45-18-22-52(72)68(37-45)39-53(73)74)57(77)43-15-9-25-66(36-43)50-35-62-34-42-14-7-8-16-46(42)50/h1-8,10-14,16,18,22,34-35,37,43-44,47-49,54H,9,15,17,19-21,23-33,36,38-39,60H2,(H2,61,71)(H,63,79)(H,64,76)(H,65,75)(H,73,74)/t43-,44+,47-,48-,49-/m0/s1. The number of aromatic nitrogens is 2. The van der Waals surface area contributed by atoms with Crippen LogP contribution in [-0.2, 0) is 49.5 Å². The number of urea groups is 1. The van der Waals surface area contributed by atoms with Crippen LogP contribution in [0.25, 0.3) is 10.8 Å². The molecule has 7 amide bonds. The molecular weight excluding hydrogens is 1050 g/mol. The molecule has 0 radical (unpaired) electrons. The lowest BCUT2D eigenvalue weighted by Gasteiger charge is -2.37. The van der Waals surface area contributed by atoms with Crippen LogP contribution in [-0.4, -0.2) is 169 Å². The summed E-state index contributed by atoms with van der Waals surface area (Å²) in [7, 11) is 0. The molecule has 2 aromatic heterocycles. The van der Waals surface area contributed by atoms with E-state index in [1.165, 1.54) is 28.1 Å². The SMILES string of the molecule is NC(=O)CC[C@H](NC(=O)[C@@H]1CC[C@@H]2CCN(C(=O)NCCOCCOCCOCCN(C(=O)[C@H]3CCCN(c4cncc5ccccc45)C3)c3ccc(=O)n(CC(=O)O)c3)C[C@H](N)C(=O)N21)C(=O)NC(c1ccccc1)c1ccccc1. The highest BCUT2D eigenvalue weighted by molar-refractivity contribution is 5.97. The number of primary amides is 1. The lowest BCUT2D eigenvalue weighted by Crippen LogP contribution is -2.61. The van der Waals surface area contributed by atoms with Gasteiger partial charge in [-0.05, 0) is 55.7 Å². The van der Waals surface area contributed by atoms with Crippen LogP contribution >= 0.6 is 0 Å². The van der Waals surface area contributed by atoms with Gasteiger partial charge < -0.3 is 70.9 Å². The van der Waals surface area contributed by atoms with Crippen molar-refractivity contribution in [3.8, 4) is 0 Å². The Balaban J connectivity index is 0.747. The van der Waals surface area contributed by atoms with Crippen LogP contribution in [0.3, 0.4) is 0 Å². The van der Waals surface area contributed by atoms with Crippen LogP contribution in [0.1, 0.15) is 62.1 Å². The number of carbonyl (C=O) groups excluding carboxylic acids is 6. The number of carbonyl (C=O) groups is 7. The van der Waals surface area contributed by atoms with E-state index in [-0.39, 0.29) is 84.6 Å². The molecule has 23 heteroatoms. The first-order valence-electron chi connectivity index (χ1n) is 27.9. The van der Waals surface area contributed by atoms with Crippen molar-refractivity contribution in [2.45, 2.75) is 81.7 Å². The summed E-state index contributed by atoms with van der Waals surface area (Å²) < 4.78 is 18.3. The van der Waals surface area contributed by atoms with Gasteiger partial charge in [-0.1, -0.05) is 84.9 Å². The van der Waals surface area contributed by atoms with Gasteiger partial charge in [-0.3, -0.25) is 38.5 Å². The number of benzene rings is 3. The number of nitrogens with zero attached hydrogens (tertiary/aromatic N) is 6. The number of fused-ring (bicyclic) bond motifs is 2. The van der Waals surface area contributed by atoms with Crippen LogP contribution < -0.4 is 42.8 Å². The number of piperidine rings is 1. The summed E-state index contributed by atoms with van der Waals surface area (Å²) in [5.41, 5.74) is 14.4. The van der Waals surface area contributed by atoms with Crippen molar-refractivity contribution in [2.24, 2.45) is 17.4 Å². The van der Waals surface area contributed by atoms with Crippen LogP contribution in [0.15, 0.2) is 120 Å². The van der Waals surface area contributed by atoms with Gasteiger partial charge in [-0.2, -0.15) is 0 Å². The highest BCUT2D eigenvalue weighted by atomic mass is 16.5. The van der Waals surface area contributed by atoms with E-state index in [1.54, 1.807) is 4.90 Å². The van der Waals surface area contributed by atoms with Crippen molar-refractivity contribution < 1.29 is 52.9 Å². The van der Waals surface area contributed by atoms with Crippen molar-refractivity contribution in [2.75, 3.05) is 88.7 Å². The van der Waals surface area contributed by atoms with Crippen molar-refractivity contribution in [3.63, 3.8) is 0 Å². The average Bonchev–Trinajstić information content (AvgIpc) is 4.10. The van der Waals surface area contributed by atoms with E-state index in [4.69, 9.17) is 25.7 Å². The molecule has 3 aromatic carbocycles. The Morgan fingerprint density at radius 1 is 0.756 bits per heavy atom. The fourth-order valence-electron chi connectivity index (χ4n) is 10.9. The average molecular weight is 1130 g/mol. The minimum absolute atomic E-state index is 0.0586. The first-order valence-corrected chi connectivity index (χ1v) is 27.9. The molecule has 5 atom stereocenters. The molecule has 23 nitrogen and oxygen atoms in total. The molecule has 0 unspecified atom stereocenters. The number of hydrogen-bond acceptors (Lipinski definition) is 14. The number of nitrogens with two attached hydrogens (primary N) is 2. The van der Waals surface area contributed by atoms with Crippen LogP contribution in [0.5, 0.6) is 0 Å². The first kappa shape index (κ1) is 59.9. The van der Waals surface area contributed by atoms with Gasteiger partial charge in [-0.25, -0.2) is 4.79 Å². The van der Waals surface area contributed by atoms with Crippen LogP contribution in [0.2, 0.25) is 0 Å². The lowest BCUT2D eigenvalue weighted by molar-refractivity contribution is -0.143. The lowest BCUT2D eigenvalue weighted by atomic mass is 9.95. The van der Waals surface area contributed by atoms with E-state index in [0.717, 1.165) is 45.1 Å². The number of carboxylic acids is 1. The summed E-state index contributed by atoms with van der Waals surface area (Å²) >= 11 is 0. The first-order chi connectivity index (χ1) is 39.7.